The number of rotatable bonds is 5. The molecule has 1 saturated heterocycles. The van der Waals surface area contributed by atoms with Gasteiger partial charge in [-0.05, 0) is 6.42 Å². The molecule has 0 radical (unpaired) electrons. The molecule has 0 aliphatic carbocycles. The highest BCUT2D eigenvalue weighted by Crippen LogP contribution is 2.52. The van der Waals surface area contributed by atoms with E-state index in [1.54, 1.807) is 0 Å². The van der Waals surface area contributed by atoms with E-state index >= 15 is 0 Å². The van der Waals surface area contributed by atoms with Gasteiger partial charge in [0.25, 0.3) is 5.52 Å². The van der Waals surface area contributed by atoms with Crippen molar-refractivity contribution < 1.29 is 14.2 Å². The lowest BCUT2D eigenvalue weighted by Gasteiger charge is -2.07. The van der Waals surface area contributed by atoms with E-state index in [-0.39, 0.29) is 6.42 Å². The maximum absolute atomic E-state index is 11.9. The number of unbranched alkanes of at least 4 members (excludes halogenated alkanes) is 3. The largest absolute Gasteiger partial charge is 0.315 e. The fourth-order valence-electron chi connectivity index (χ4n) is 1.73. The Hall–Kier alpha value is -0.430. The summed E-state index contributed by atoms with van der Waals surface area (Å²) in [6.45, 7) is 2.10. The average Bonchev–Trinajstić information content (AvgIpc) is 2.42. The van der Waals surface area contributed by atoms with Crippen molar-refractivity contribution >= 4 is 18.4 Å². The van der Waals surface area contributed by atoms with Crippen LogP contribution in [0, 0.1) is 0 Å². The van der Waals surface area contributed by atoms with Gasteiger partial charge in [0.2, 0.25) is 5.78 Å². The molecule has 14 heavy (non-hydrogen) atoms. The van der Waals surface area contributed by atoms with Crippen LogP contribution in [-0.2, 0) is 14.2 Å². The average molecular weight is 216 g/mol. The Balaban J connectivity index is 2.40. The van der Waals surface area contributed by atoms with Crippen LogP contribution in [0.5, 0.6) is 0 Å². The van der Waals surface area contributed by atoms with Gasteiger partial charge in [0, 0.05) is 18.7 Å². The lowest BCUT2D eigenvalue weighted by atomic mass is 10.2. The highest BCUT2D eigenvalue weighted by atomic mass is 31.2. The predicted octanol–water partition coefficient (Wildman–Crippen LogP) is 2.43. The molecular formula is C10H17O3P. The minimum absolute atomic E-state index is 0.212. The van der Waals surface area contributed by atoms with Gasteiger partial charge in [-0.15, -0.1) is 0 Å². The fourth-order valence-corrected chi connectivity index (χ4v) is 4.22. The second-order valence-corrected chi connectivity index (χ2v) is 6.95. The summed E-state index contributed by atoms with van der Waals surface area (Å²) in [6, 6.07) is 0. The van der Waals surface area contributed by atoms with Crippen molar-refractivity contribution in [2.75, 3.05) is 12.3 Å². The first-order valence-corrected chi connectivity index (χ1v) is 7.33. The maximum Gasteiger partial charge on any atom is 0.256 e. The third kappa shape index (κ3) is 2.54. The third-order valence-corrected chi connectivity index (χ3v) is 5.66. The van der Waals surface area contributed by atoms with Crippen molar-refractivity contribution in [2.24, 2.45) is 0 Å². The van der Waals surface area contributed by atoms with Crippen LogP contribution in [0.4, 0.5) is 0 Å². The SMILES string of the molecule is CCCCCCP1(=O)CCC(=O)C1=O. The molecule has 0 amide bonds. The Kier molecular flexibility index (Phi) is 4.06. The highest BCUT2D eigenvalue weighted by Gasteiger charge is 2.41. The fraction of sp³-hybridized carbons (Fsp3) is 0.800. The van der Waals surface area contributed by atoms with Gasteiger partial charge in [-0.2, -0.15) is 0 Å². The van der Waals surface area contributed by atoms with Crippen LogP contribution in [0.15, 0.2) is 0 Å². The molecule has 1 heterocycles. The van der Waals surface area contributed by atoms with E-state index in [1.165, 1.54) is 0 Å². The molecule has 0 bridgehead atoms. The molecule has 1 rings (SSSR count). The van der Waals surface area contributed by atoms with Crippen LogP contribution < -0.4 is 0 Å². The second-order valence-electron chi connectivity index (χ2n) is 3.88. The van der Waals surface area contributed by atoms with Crippen molar-refractivity contribution in [1.29, 1.82) is 0 Å². The molecule has 1 aliphatic rings. The number of carbonyl (C=O) groups excluding carboxylic acids is 2. The Bertz CT molecular complexity index is 283. The van der Waals surface area contributed by atoms with Crippen LogP contribution in [0.2, 0.25) is 0 Å². The van der Waals surface area contributed by atoms with Gasteiger partial charge in [0.15, 0.2) is 7.14 Å². The summed E-state index contributed by atoms with van der Waals surface area (Å²) < 4.78 is 11.9. The topological polar surface area (TPSA) is 51.2 Å². The molecule has 0 aromatic rings. The first-order chi connectivity index (χ1) is 6.60. The molecule has 1 fully saturated rings. The van der Waals surface area contributed by atoms with Gasteiger partial charge in [0.05, 0.1) is 0 Å². The number of carbonyl (C=O) groups is 2. The van der Waals surface area contributed by atoms with Crippen LogP contribution in [0.1, 0.15) is 39.0 Å². The number of hydrogen-bond acceptors (Lipinski definition) is 3. The van der Waals surface area contributed by atoms with Gasteiger partial charge < -0.3 is 4.57 Å². The van der Waals surface area contributed by atoms with Gasteiger partial charge in [-0.1, -0.05) is 26.2 Å². The minimum Gasteiger partial charge on any atom is -0.315 e. The number of ketones is 1. The van der Waals surface area contributed by atoms with Crippen LogP contribution in [0.3, 0.4) is 0 Å². The quantitative estimate of drug-likeness (QED) is 0.403. The van der Waals surface area contributed by atoms with E-state index in [4.69, 9.17) is 0 Å². The minimum atomic E-state index is -2.75. The molecule has 3 nitrogen and oxygen atoms in total. The second kappa shape index (κ2) is 4.88. The van der Waals surface area contributed by atoms with Crippen molar-refractivity contribution in [3.8, 4) is 0 Å². The molecule has 0 aromatic heterocycles. The Morgan fingerprint density at radius 2 is 1.93 bits per heavy atom. The van der Waals surface area contributed by atoms with Crippen molar-refractivity contribution in [3.63, 3.8) is 0 Å². The molecule has 0 N–H and O–H groups in total. The van der Waals surface area contributed by atoms with Crippen LogP contribution in [0.25, 0.3) is 0 Å². The Labute approximate surface area is 84.6 Å². The standard InChI is InChI=1S/C10H17O3P/c1-2-3-4-5-7-14(13)8-6-9(11)10(14)12/h2-8H2,1H3. The molecule has 80 valence electrons. The maximum atomic E-state index is 11.9. The molecule has 0 spiro atoms. The van der Waals surface area contributed by atoms with E-state index in [9.17, 15) is 14.2 Å². The highest BCUT2D eigenvalue weighted by molar-refractivity contribution is 7.83. The molecule has 0 aromatic carbocycles. The Morgan fingerprint density at radius 3 is 2.43 bits per heavy atom. The van der Waals surface area contributed by atoms with Gasteiger partial charge in [0.1, 0.15) is 0 Å². The zero-order chi connectivity index (χ0) is 10.6. The zero-order valence-electron chi connectivity index (χ0n) is 8.62. The predicted molar refractivity (Wildman–Crippen MR) is 56.1 cm³/mol. The molecule has 4 heteroatoms. The van der Waals surface area contributed by atoms with E-state index in [0.29, 0.717) is 12.3 Å². The summed E-state index contributed by atoms with van der Waals surface area (Å²) in [5.41, 5.74) is -0.561. The lowest BCUT2D eigenvalue weighted by molar-refractivity contribution is -0.131. The summed E-state index contributed by atoms with van der Waals surface area (Å²) in [6.07, 6.45) is 5.07. The van der Waals surface area contributed by atoms with Crippen molar-refractivity contribution in [2.45, 2.75) is 39.0 Å². The molecule has 1 atom stereocenters. The van der Waals surface area contributed by atoms with E-state index in [1.807, 2.05) is 0 Å². The van der Waals surface area contributed by atoms with Gasteiger partial charge in [-0.3, -0.25) is 9.59 Å². The normalized spacial score (nSPS) is 27.2. The molecule has 1 unspecified atom stereocenters. The van der Waals surface area contributed by atoms with E-state index in [0.717, 1.165) is 25.7 Å². The number of hydrogen-bond donors (Lipinski definition) is 0. The smallest absolute Gasteiger partial charge is 0.256 e. The van der Waals surface area contributed by atoms with Gasteiger partial charge >= 0.3 is 0 Å². The third-order valence-electron chi connectivity index (χ3n) is 2.68. The summed E-state index contributed by atoms with van der Waals surface area (Å²) in [4.78, 5) is 22.2. The summed E-state index contributed by atoms with van der Waals surface area (Å²) >= 11 is 0. The first kappa shape index (κ1) is 11.6. The van der Waals surface area contributed by atoms with Crippen LogP contribution in [-0.4, -0.2) is 23.6 Å². The van der Waals surface area contributed by atoms with E-state index in [2.05, 4.69) is 6.92 Å². The summed E-state index contributed by atoms with van der Waals surface area (Å²) in [7, 11) is -2.75. The van der Waals surface area contributed by atoms with E-state index < -0.39 is 18.4 Å². The molecule has 1 aliphatic heterocycles. The monoisotopic (exact) mass is 216 g/mol. The summed E-state index contributed by atoms with van der Waals surface area (Å²) in [5.74, 6) is -0.413. The number of Topliss-reactive ketones (excluding diaryl/α,β-unsaturated/α-hetero) is 1. The van der Waals surface area contributed by atoms with Crippen molar-refractivity contribution in [1.82, 2.24) is 0 Å². The lowest BCUT2D eigenvalue weighted by Crippen LogP contribution is -2.05. The molecular weight excluding hydrogens is 199 g/mol. The first-order valence-electron chi connectivity index (χ1n) is 5.26. The van der Waals surface area contributed by atoms with Crippen molar-refractivity contribution in [3.05, 3.63) is 0 Å². The Morgan fingerprint density at radius 1 is 1.21 bits per heavy atom. The molecule has 0 saturated carbocycles. The zero-order valence-corrected chi connectivity index (χ0v) is 9.52. The van der Waals surface area contributed by atoms with Crippen LogP contribution >= 0.6 is 7.14 Å². The van der Waals surface area contributed by atoms with Gasteiger partial charge in [-0.25, -0.2) is 0 Å². The summed E-state index contributed by atoms with van der Waals surface area (Å²) in [5, 5.41) is 0.